The lowest BCUT2D eigenvalue weighted by atomic mass is 10.1. The van der Waals surface area contributed by atoms with Crippen molar-refractivity contribution in [1.82, 2.24) is 9.97 Å². The Kier molecular flexibility index (Phi) is 7.05. The number of carbonyl (C=O) groups is 1. The number of sulfonamides is 1. The van der Waals surface area contributed by atoms with Gasteiger partial charge in [0.05, 0.1) is 37.0 Å². The molecule has 188 valence electrons. The summed E-state index contributed by atoms with van der Waals surface area (Å²) in [7, 11) is -2.35. The number of benzene rings is 3. The molecule has 3 aromatic carbocycles. The summed E-state index contributed by atoms with van der Waals surface area (Å²) >= 11 is 7.12. The predicted molar refractivity (Wildman–Crippen MR) is 145 cm³/mol. The fraction of sp³-hybridized carbons (Fsp3) is 0.115. The van der Waals surface area contributed by atoms with Crippen molar-refractivity contribution < 1.29 is 17.9 Å². The van der Waals surface area contributed by atoms with E-state index in [1.165, 1.54) is 10.5 Å². The zero-order valence-electron chi connectivity index (χ0n) is 19.6. The van der Waals surface area contributed by atoms with Gasteiger partial charge in [-0.25, -0.2) is 18.4 Å². The van der Waals surface area contributed by atoms with E-state index in [2.05, 4.69) is 15.3 Å². The number of rotatable bonds is 7. The van der Waals surface area contributed by atoms with Gasteiger partial charge in [0.25, 0.3) is 10.0 Å². The summed E-state index contributed by atoms with van der Waals surface area (Å²) in [5.74, 6) is 0.512. The first-order valence-electron chi connectivity index (χ1n) is 11.2. The van der Waals surface area contributed by atoms with Crippen LogP contribution in [-0.2, 0) is 21.4 Å². The number of aromatic nitrogens is 2. The normalized spacial score (nSPS) is 13.4. The van der Waals surface area contributed by atoms with Gasteiger partial charge in [0.1, 0.15) is 10.6 Å². The monoisotopic (exact) mass is 552 g/mol. The number of halogens is 1. The van der Waals surface area contributed by atoms with Crippen LogP contribution in [0.1, 0.15) is 5.56 Å². The first kappa shape index (κ1) is 25.1. The maximum Gasteiger partial charge on any atom is 0.268 e. The van der Waals surface area contributed by atoms with Crippen LogP contribution in [-0.4, -0.2) is 37.2 Å². The third-order valence-corrected chi connectivity index (χ3v) is 8.55. The summed E-state index contributed by atoms with van der Waals surface area (Å²) in [6.07, 6.45) is 1.31. The second kappa shape index (κ2) is 10.4. The minimum absolute atomic E-state index is 0.0206. The first-order chi connectivity index (χ1) is 17.8. The van der Waals surface area contributed by atoms with E-state index < -0.39 is 10.0 Å². The molecule has 0 fully saturated rings. The van der Waals surface area contributed by atoms with Gasteiger partial charge in [-0.05, 0) is 48.0 Å². The molecule has 0 bridgehead atoms. The quantitative estimate of drug-likeness (QED) is 0.247. The van der Waals surface area contributed by atoms with E-state index in [0.29, 0.717) is 38.6 Å². The highest BCUT2D eigenvalue weighted by molar-refractivity contribution is 7.99. The number of nitrogens with one attached hydrogen (secondary N) is 1. The Morgan fingerprint density at radius 3 is 2.51 bits per heavy atom. The molecule has 1 aliphatic rings. The van der Waals surface area contributed by atoms with Crippen LogP contribution in [0.4, 0.5) is 11.4 Å². The second-order valence-corrected chi connectivity index (χ2v) is 11.3. The first-order valence-corrected chi connectivity index (χ1v) is 14.0. The minimum atomic E-state index is -3.92. The number of fused-ring (bicyclic) bond motifs is 3. The Balaban J connectivity index is 1.38. The molecule has 5 rings (SSSR count). The average Bonchev–Trinajstić information content (AvgIpc) is 2.91. The summed E-state index contributed by atoms with van der Waals surface area (Å²) in [6, 6.07) is 21.2. The van der Waals surface area contributed by atoms with Crippen LogP contribution < -0.4 is 14.4 Å². The predicted octanol–water partition coefficient (Wildman–Crippen LogP) is 5.25. The smallest absolute Gasteiger partial charge is 0.268 e. The van der Waals surface area contributed by atoms with Gasteiger partial charge < -0.3 is 10.1 Å². The molecule has 4 aromatic rings. The van der Waals surface area contributed by atoms with Crippen molar-refractivity contribution in [2.75, 3.05) is 22.5 Å². The van der Waals surface area contributed by atoms with Crippen LogP contribution in [0.3, 0.4) is 0 Å². The van der Waals surface area contributed by atoms with Crippen molar-refractivity contribution in [3.05, 3.63) is 89.6 Å². The molecule has 37 heavy (non-hydrogen) atoms. The van der Waals surface area contributed by atoms with Crippen LogP contribution in [0.5, 0.6) is 5.75 Å². The summed E-state index contributed by atoms with van der Waals surface area (Å²) in [6.45, 7) is 0.137. The van der Waals surface area contributed by atoms with Crippen LogP contribution in [0.25, 0.3) is 11.3 Å². The van der Waals surface area contributed by atoms with Gasteiger partial charge in [0.2, 0.25) is 5.91 Å². The summed E-state index contributed by atoms with van der Waals surface area (Å²) in [4.78, 5) is 21.2. The van der Waals surface area contributed by atoms with Crippen molar-refractivity contribution in [2.45, 2.75) is 16.6 Å². The van der Waals surface area contributed by atoms with E-state index in [4.69, 9.17) is 16.3 Å². The molecule has 8 nitrogen and oxygen atoms in total. The van der Waals surface area contributed by atoms with E-state index >= 15 is 0 Å². The van der Waals surface area contributed by atoms with E-state index in [1.807, 2.05) is 12.1 Å². The van der Waals surface area contributed by atoms with E-state index in [-0.39, 0.29) is 23.1 Å². The maximum absolute atomic E-state index is 13.6. The lowest BCUT2D eigenvalue weighted by Gasteiger charge is -2.31. The van der Waals surface area contributed by atoms with Crippen molar-refractivity contribution >= 4 is 50.7 Å². The topological polar surface area (TPSA) is 101 Å². The van der Waals surface area contributed by atoms with Gasteiger partial charge in [0.15, 0.2) is 5.16 Å². The summed E-state index contributed by atoms with van der Waals surface area (Å²) in [5, 5.41) is 3.69. The number of nitrogens with zero attached hydrogens (tertiary/aromatic N) is 3. The van der Waals surface area contributed by atoms with Crippen molar-refractivity contribution in [3.63, 3.8) is 0 Å². The van der Waals surface area contributed by atoms with Crippen LogP contribution in [0.2, 0.25) is 5.02 Å². The number of thioether (sulfide) groups is 1. The van der Waals surface area contributed by atoms with Crippen molar-refractivity contribution in [3.8, 4) is 17.0 Å². The molecule has 0 radical (unpaired) electrons. The number of hydrogen-bond acceptors (Lipinski definition) is 7. The average molecular weight is 553 g/mol. The van der Waals surface area contributed by atoms with Gasteiger partial charge in [-0.3, -0.25) is 9.10 Å². The molecule has 11 heteroatoms. The standard InChI is InChI=1S/C26H21ClN4O4S2/c1-35-20-12-10-19(11-13-20)29-24(32)16-36-26-28-14-23-25(30-26)21-4-2-3-5-22(21)31(37(23,33)34)15-17-6-8-18(27)9-7-17/h2-14H,15-16H2,1H3,(H,29,32). The number of methoxy groups -OCH3 is 1. The zero-order valence-corrected chi connectivity index (χ0v) is 22.0. The fourth-order valence-corrected chi connectivity index (χ4v) is 6.17. The van der Waals surface area contributed by atoms with Gasteiger partial charge in [0, 0.05) is 16.3 Å². The third-order valence-electron chi connectivity index (χ3n) is 5.67. The molecule has 1 aliphatic heterocycles. The summed E-state index contributed by atoms with van der Waals surface area (Å²) in [5.41, 5.74) is 2.95. The minimum Gasteiger partial charge on any atom is -0.497 e. The Labute approximate surface area is 223 Å². The van der Waals surface area contributed by atoms with E-state index in [0.717, 1.165) is 17.3 Å². The molecular weight excluding hydrogens is 532 g/mol. The molecule has 0 atom stereocenters. The number of hydrogen-bond donors (Lipinski definition) is 1. The van der Waals surface area contributed by atoms with Crippen molar-refractivity contribution in [2.24, 2.45) is 0 Å². The van der Waals surface area contributed by atoms with E-state index in [9.17, 15) is 13.2 Å². The van der Waals surface area contributed by atoms with E-state index in [1.54, 1.807) is 67.8 Å². The molecule has 1 amide bonds. The Morgan fingerprint density at radius 1 is 1.05 bits per heavy atom. The molecule has 0 saturated heterocycles. The SMILES string of the molecule is COc1ccc(NC(=O)CSc2ncc3c(n2)-c2ccccc2N(Cc2ccc(Cl)cc2)S3(=O)=O)cc1. The van der Waals surface area contributed by atoms with Gasteiger partial charge in [-0.2, -0.15) is 0 Å². The molecule has 2 heterocycles. The molecule has 1 N–H and O–H groups in total. The van der Waals surface area contributed by atoms with Gasteiger partial charge >= 0.3 is 0 Å². The summed E-state index contributed by atoms with van der Waals surface area (Å²) < 4.78 is 33.7. The number of amides is 1. The number of anilines is 2. The molecule has 0 aliphatic carbocycles. The molecule has 0 spiro atoms. The highest BCUT2D eigenvalue weighted by Crippen LogP contribution is 2.42. The highest BCUT2D eigenvalue weighted by atomic mass is 35.5. The number of para-hydroxylation sites is 1. The number of ether oxygens (including phenoxy) is 1. The zero-order chi connectivity index (χ0) is 26.0. The Hall–Kier alpha value is -3.60. The lowest BCUT2D eigenvalue weighted by molar-refractivity contribution is -0.113. The fourth-order valence-electron chi connectivity index (χ4n) is 3.87. The highest BCUT2D eigenvalue weighted by Gasteiger charge is 2.36. The molecule has 1 aromatic heterocycles. The van der Waals surface area contributed by atoms with Crippen molar-refractivity contribution in [1.29, 1.82) is 0 Å². The number of carbonyl (C=O) groups excluding carboxylic acids is 1. The third kappa shape index (κ3) is 5.27. The lowest BCUT2D eigenvalue weighted by Crippen LogP contribution is -2.34. The van der Waals surface area contributed by atoms with Crippen LogP contribution in [0.15, 0.2) is 89.0 Å². The van der Waals surface area contributed by atoms with Crippen LogP contribution >= 0.6 is 23.4 Å². The van der Waals surface area contributed by atoms with Gasteiger partial charge in [-0.15, -0.1) is 0 Å². The Morgan fingerprint density at radius 2 is 1.78 bits per heavy atom. The second-order valence-electron chi connectivity index (χ2n) is 8.09. The molecular formula is C26H21ClN4O4S2. The maximum atomic E-state index is 13.6. The van der Waals surface area contributed by atoms with Crippen LogP contribution in [0, 0.1) is 0 Å². The largest absolute Gasteiger partial charge is 0.497 e. The van der Waals surface area contributed by atoms with Gasteiger partial charge in [-0.1, -0.05) is 53.7 Å². The molecule has 0 unspecified atom stereocenters. The Bertz CT molecular complexity index is 1560. The molecule has 0 saturated carbocycles.